The van der Waals surface area contributed by atoms with Crippen molar-refractivity contribution in [2.24, 2.45) is 0 Å². The van der Waals surface area contributed by atoms with Gasteiger partial charge in [0, 0.05) is 23.1 Å². The summed E-state index contributed by atoms with van der Waals surface area (Å²) in [5, 5.41) is 14.6. The Balaban J connectivity index is 1.56. The molecule has 0 N–H and O–H groups in total. The lowest BCUT2D eigenvalue weighted by atomic mass is 10.2. The van der Waals surface area contributed by atoms with Gasteiger partial charge in [0.05, 0.1) is 19.9 Å². The van der Waals surface area contributed by atoms with Crippen LogP contribution in [0.3, 0.4) is 0 Å². The fraction of sp³-hybridized carbons (Fsp3) is 0.211. The van der Waals surface area contributed by atoms with Crippen molar-refractivity contribution in [2.75, 3.05) is 20.0 Å². The van der Waals surface area contributed by atoms with Crippen LogP contribution in [-0.4, -0.2) is 30.9 Å². The summed E-state index contributed by atoms with van der Waals surface area (Å²) in [4.78, 5) is 16.4. The third-order valence-corrected chi connectivity index (χ3v) is 5.62. The van der Waals surface area contributed by atoms with Crippen LogP contribution >= 0.6 is 23.1 Å². The summed E-state index contributed by atoms with van der Waals surface area (Å²) in [6.07, 6.45) is 1.39. The van der Waals surface area contributed by atoms with Crippen LogP contribution in [0.2, 0.25) is 0 Å². The smallest absolute Gasteiger partial charge is 0.316 e. The number of hydrogen-bond acceptors (Lipinski definition) is 8. The Morgan fingerprint density at radius 2 is 2.04 bits per heavy atom. The highest BCUT2D eigenvalue weighted by atomic mass is 32.2. The van der Waals surface area contributed by atoms with E-state index >= 15 is 0 Å². The molecule has 0 amide bonds. The highest BCUT2D eigenvalue weighted by Crippen LogP contribution is 2.33. The number of benzene rings is 1. The summed E-state index contributed by atoms with van der Waals surface area (Å²) in [6.45, 7) is 0.0787. The number of nitrogens with zero attached hydrogens (tertiary/aromatic N) is 2. The maximum Gasteiger partial charge on any atom is 0.316 e. The van der Waals surface area contributed by atoms with Gasteiger partial charge >= 0.3 is 5.97 Å². The molecule has 2 aromatic heterocycles. The normalized spacial score (nSPS) is 10.5. The number of carbonyl (C=O) groups excluding carboxylic acids is 1. The summed E-state index contributed by atoms with van der Waals surface area (Å²) in [6, 6.07) is 10.6. The molecule has 146 valence electrons. The van der Waals surface area contributed by atoms with E-state index in [4.69, 9.17) is 14.2 Å². The molecule has 0 atom stereocenters. The molecule has 0 unspecified atom stereocenters. The van der Waals surface area contributed by atoms with Crippen LogP contribution in [0.25, 0.3) is 10.6 Å². The molecule has 0 bridgehead atoms. The molecule has 7 nitrogen and oxygen atoms in total. The SMILES string of the molecule is COc1ccc(-c2nc(COC(=O)CSc3cccc[n+]3[O-])cs2)cc1OC. The zero-order valence-corrected chi connectivity index (χ0v) is 16.9. The minimum Gasteiger partial charge on any atom is -0.618 e. The van der Waals surface area contributed by atoms with Crippen molar-refractivity contribution in [2.45, 2.75) is 11.6 Å². The third-order valence-electron chi connectivity index (χ3n) is 3.69. The topological polar surface area (TPSA) is 84.6 Å². The van der Waals surface area contributed by atoms with E-state index in [1.54, 1.807) is 32.4 Å². The lowest BCUT2D eigenvalue weighted by Gasteiger charge is -2.08. The van der Waals surface area contributed by atoms with Crippen molar-refractivity contribution < 1.29 is 23.7 Å². The van der Waals surface area contributed by atoms with Crippen LogP contribution < -0.4 is 14.2 Å². The first-order chi connectivity index (χ1) is 13.6. The monoisotopic (exact) mass is 418 g/mol. The number of thioether (sulfide) groups is 1. The Kier molecular flexibility index (Phi) is 6.72. The summed E-state index contributed by atoms with van der Waals surface area (Å²) in [5.74, 6) is 0.914. The van der Waals surface area contributed by atoms with Crippen LogP contribution in [0.15, 0.2) is 53.0 Å². The second-order valence-electron chi connectivity index (χ2n) is 5.53. The zero-order chi connectivity index (χ0) is 19.9. The zero-order valence-electron chi connectivity index (χ0n) is 15.3. The lowest BCUT2D eigenvalue weighted by molar-refractivity contribution is -0.645. The predicted octanol–water partition coefficient (Wildman–Crippen LogP) is 3.30. The quantitative estimate of drug-likeness (QED) is 0.240. The number of hydrogen-bond donors (Lipinski definition) is 0. The molecule has 0 aliphatic rings. The molecule has 3 aromatic rings. The average Bonchev–Trinajstić information content (AvgIpc) is 3.20. The number of thiazole rings is 1. The van der Waals surface area contributed by atoms with Gasteiger partial charge in [0.15, 0.2) is 17.7 Å². The molecule has 0 spiro atoms. The summed E-state index contributed by atoms with van der Waals surface area (Å²) in [5.41, 5.74) is 1.55. The molecule has 0 aliphatic carbocycles. The van der Waals surface area contributed by atoms with Gasteiger partial charge in [0.2, 0.25) is 0 Å². The third kappa shape index (κ3) is 4.93. The molecule has 9 heteroatoms. The minimum atomic E-state index is -0.408. The minimum absolute atomic E-state index is 0.0545. The molecule has 0 saturated heterocycles. The van der Waals surface area contributed by atoms with Gasteiger partial charge in [0.1, 0.15) is 17.4 Å². The molecular formula is C19H18N2O5S2. The van der Waals surface area contributed by atoms with Gasteiger partial charge < -0.3 is 19.4 Å². The number of rotatable bonds is 8. The van der Waals surface area contributed by atoms with E-state index in [2.05, 4.69) is 4.98 Å². The van der Waals surface area contributed by atoms with Gasteiger partial charge in [-0.3, -0.25) is 4.79 Å². The predicted molar refractivity (Wildman–Crippen MR) is 107 cm³/mol. The van der Waals surface area contributed by atoms with Gasteiger partial charge in [0.25, 0.3) is 5.03 Å². The van der Waals surface area contributed by atoms with Crippen LogP contribution in [0.4, 0.5) is 0 Å². The Morgan fingerprint density at radius 3 is 2.79 bits per heavy atom. The van der Waals surface area contributed by atoms with Crippen molar-refractivity contribution in [3.8, 4) is 22.1 Å². The van der Waals surface area contributed by atoms with E-state index in [0.717, 1.165) is 22.3 Å². The number of aromatic nitrogens is 2. The Morgan fingerprint density at radius 1 is 1.21 bits per heavy atom. The van der Waals surface area contributed by atoms with Crippen LogP contribution in [-0.2, 0) is 16.1 Å². The first-order valence-electron chi connectivity index (χ1n) is 8.24. The van der Waals surface area contributed by atoms with Crippen LogP contribution in [0.1, 0.15) is 5.69 Å². The number of pyridine rings is 1. The molecule has 2 heterocycles. The van der Waals surface area contributed by atoms with Crippen molar-refractivity contribution in [1.82, 2.24) is 4.98 Å². The largest absolute Gasteiger partial charge is 0.618 e. The molecule has 0 fully saturated rings. The number of methoxy groups -OCH3 is 2. The second-order valence-corrected chi connectivity index (χ2v) is 7.38. The first-order valence-corrected chi connectivity index (χ1v) is 10.1. The first kappa shape index (κ1) is 20.0. The van der Waals surface area contributed by atoms with Crippen molar-refractivity contribution in [3.63, 3.8) is 0 Å². The van der Waals surface area contributed by atoms with E-state index in [1.807, 2.05) is 23.6 Å². The van der Waals surface area contributed by atoms with E-state index < -0.39 is 5.97 Å². The highest BCUT2D eigenvalue weighted by molar-refractivity contribution is 7.99. The molecule has 1 aromatic carbocycles. The maximum atomic E-state index is 11.9. The van der Waals surface area contributed by atoms with E-state index in [9.17, 15) is 10.0 Å². The summed E-state index contributed by atoms with van der Waals surface area (Å²) < 4.78 is 16.5. The maximum absolute atomic E-state index is 11.9. The van der Waals surface area contributed by atoms with Gasteiger partial charge in [-0.15, -0.1) is 11.3 Å². The number of ether oxygens (including phenoxy) is 3. The van der Waals surface area contributed by atoms with E-state index in [1.165, 1.54) is 17.5 Å². The average molecular weight is 418 g/mol. The van der Waals surface area contributed by atoms with E-state index in [0.29, 0.717) is 26.9 Å². The summed E-state index contributed by atoms with van der Waals surface area (Å²) >= 11 is 2.58. The number of carbonyl (C=O) groups is 1. The molecule has 28 heavy (non-hydrogen) atoms. The molecular weight excluding hydrogens is 400 g/mol. The Labute approximate surface area is 170 Å². The van der Waals surface area contributed by atoms with Gasteiger partial charge in [-0.25, -0.2) is 4.98 Å². The van der Waals surface area contributed by atoms with Gasteiger partial charge in [-0.1, -0.05) is 0 Å². The fourth-order valence-corrected chi connectivity index (χ4v) is 3.84. The highest BCUT2D eigenvalue weighted by Gasteiger charge is 2.13. The van der Waals surface area contributed by atoms with Crippen molar-refractivity contribution in [3.05, 3.63) is 58.9 Å². The standard InChI is InChI=1S/C19H18N2O5S2/c1-24-15-7-6-13(9-16(15)25-2)19-20-14(11-28-19)10-26-18(22)12-27-17-5-3-4-8-21(17)23/h3-9,11H,10,12H2,1-2H3. The lowest BCUT2D eigenvalue weighted by Crippen LogP contribution is -2.28. The molecule has 0 aliphatic heterocycles. The van der Waals surface area contributed by atoms with Crippen LogP contribution in [0.5, 0.6) is 11.5 Å². The Hall–Kier alpha value is -2.78. The summed E-state index contributed by atoms with van der Waals surface area (Å²) in [7, 11) is 3.16. The fourth-order valence-electron chi connectivity index (χ4n) is 2.33. The van der Waals surface area contributed by atoms with Crippen LogP contribution in [0, 0.1) is 5.21 Å². The van der Waals surface area contributed by atoms with Gasteiger partial charge in [-0.2, -0.15) is 4.73 Å². The van der Waals surface area contributed by atoms with Crippen molar-refractivity contribution in [1.29, 1.82) is 0 Å². The van der Waals surface area contributed by atoms with E-state index in [-0.39, 0.29) is 12.4 Å². The number of esters is 1. The molecule has 0 radical (unpaired) electrons. The van der Waals surface area contributed by atoms with Crippen molar-refractivity contribution >= 4 is 29.1 Å². The molecule has 0 saturated carbocycles. The van der Waals surface area contributed by atoms with Gasteiger partial charge in [-0.05, 0) is 36.0 Å². The molecule has 3 rings (SSSR count). The Bertz CT molecular complexity index is 961. The second kappa shape index (κ2) is 9.43.